The highest BCUT2D eigenvalue weighted by molar-refractivity contribution is 6.32. The number of aromatic nitrogens is 1. The topological polar surface area (TPSA) is 102 Å². The first-order valence-corrected chi connectivity index (χ1v) is 10.1. The molecule has 3 rings (SSSR count). The van der Waals surface area contributed by atoms with Gasteiger partial charge in [0, 0.05) is 25.0 Å². The van der Waals surface area contributed by atoms with Crippen LogP contribution in [0, 0.1) is 0 Å². The van der Waals surface area contributed by atoms with Gasteiger partial charge in [-0.05, 0) is 42.5 Å². The molecule has 2 aromatic carbocycles. The fourth-order valence-electron chi connectivity index (χ4n) is 2.56. The van der Waals surface area contributed by atoms with Crippen molar-refractivity contribution < 1.29 is 32.3 Å². The highest BCUT2D eigenvalue weighted by atomic mass is 35.5. The molecule has 13 heteroatoms. The molecule has 1 heterocycles. The van der Waals surface area contributed by atoms with Crippen LogP contribution in [0.15, 0.2) is 54.7 Å². The molecule has 0 spiro atoms. The zero-order valence-corrected chi connectivity index (χ0v) is 18.7. The van der Waals surface area contributed by atoms with Crippen molar-refractivity contribution in [3.8, 4) is 17.2 Å². The first-order valence-electron chi connectivity index (χ1n) is 9.33. The van der Waals surface area contributed by atoms with Crippen LogP contribution >= 0.6 is 23.2 Å². The number of nitrogens with one attached hydrogen (secondary N) is 3. The molecule has 34 heavy (non-hydrogen) atoms. The normalized spacial score (nSPS) is 10.9. The number of hydrogen-bond acceptors (Lipinski definition) is 5. The number of urea groups is 1. The molecule has 0 aliphatic rings. The second-order valence-electron chi connectivity index (χ2n) is 6.50. The fraction of sp³-hybridized carbons (Fsp3) is 0.0952. The minimum Gasteiger partial charge on any atom is -0.456 e. The van der Waals surface area contributed by atoms with Crippen LogP contribution in [0.25, 0.3) is 0 Å². The number of nitrogens with zero attached hydrogens (tertiary/aromatic N) is 1. The van der Waals surface area contributed by atoms with E-state index in [2.05, 4.69) is 15.6 Å². The number of hydroxylamine groups is 1. The summed E-state index contributed by atoms with van der Waals surface area (Å²) in [6.45, 7) is 0. The molecule has 0 fully saturated rings. The molecule has 178 valence electrons. The standard InChI is InChI=1S/C21H15Cl2F3N4O4/c1-27-19(31)17-10-12(6-7-28-17)33-18-5-2-11(8-16(18)23)29-20(32)30-34-13-3-4-15(22)14(9-13)21(24,25)26/h2-10H,1H3,(H,27,31)(H2,29,30,32). The number of anilines is 1. The Morgan fingerprint density at radius 2 is 1.74 bits per heavy atom. The molecular formula is C21H15Cl2F3N4O4. The lowest BCUT2D eigenvalue weighted by atomic mass is 10.2. The van der Waals surface area contributed by atoms with Gasteiger partial charge in [-0.3, -0.25) is 9.78 Å². The quantitative estimate of drug-likeness (QED) is 0.367. The number of benzene rings is 2. The smallest absolute Gasteiger partial charge is 0.417 e. The van der Waals surface area contributed by atoms with E-state index in [1.165, 1.54) is 43.6 Å². The van der Waals surface area contributed by atoms with Crippen molar-refractivity contribution in [1.82, 2.24) is 15.8 Å². The summed E-state index contributed by atoms with van der Waals surface area (Å²) in [7, 11) is 1.47. The Hall–Kier alpha value is -3.70. The van der Waals surface area contributed by atoms with Gasteiger partial charge in [-0.2, -0.15) is 18.7 Å². The van der Waals surface area contributed by atoms with Crippen molar-refractivity contribution in [2.24, 2.45) is 0 Å². The van der Waals surface area contributed by atoms with Gasteiger partial charge < -0.3 is 20.2 Å². The first kappa shape index (κ1) is 24.9. The minimum absolute atomic E-state index is 0.129. The van der Waals surface area contributed by atoms with Crippen molar-refractivity contribution in [3.05, 3.63) is 76.0 Å². The highest BCUT2D eigenvalue weighted by Gasteiger charge is 2.33. The van der Waals surface area contributed by atoms with E-state index in [1.54, 1.807) is 0 Å². The second-order valence-corrected chi connectivity index (χ2v) is 7.32. The Morgan fingerprint density at radius 1 is 0.971 bits per heavy atom. The molecule has 0 unspecified atom stereocenters. The zero-order chi connectivity index (χ0) is 24.9. The molecule has 0 radical (unpaired) electrons. The Bertz CT molecular complexity index is 1220. The van der Waals surface area contributed by atoms with E-state index in [-0.39, 0.29) is 27.9 Å². The SMILES string of the molecule is CNC(=O)c1cc(Oc2ccc(NC(=O)NOc3ccc(Cl)c(C(F)(F)F)c3)cc2Cl)ccn1. The van der Waals surface area contributed by atoms with Crippen molar-refractivity contribution in [3.63, 3.8) is 0 Å². The van der Waals surface area contributed by atoms with Crippen molar-refractivity contribution in [2.75, 3.05) is 12.4 Å². The van der Waals surface area contributed by atoms with Gasteiger partial charge in [0.15, 0.2) is 5.75 Å². The summed E-state index contributed by atoms with van der Waals surface area (Å²) < 4.78 is 44.4. The van der Waals surface area contributed by atoms with Crippen LogP contribution in [0.4, 0.5) is 23.7 Å². The van der Waals surface area contributed by atoms with E-state index in [0.29, 0.717) is 11.8 Å². The summed E-state index contributed by atoms with van der Waals surface area (Å²) >= 11 is 11.7. The van der Waals surface area contributed by atoms with Crippen LogP contribution in [0.3, 0.4) is 0 Å². The largest absolute Gasteiger partial charge is 0.456 e. The van der Waals surface area contributed by atoms with Gasteiger partial charge in [0.1, 0.15) is 17.2 Å². The molecule has 0 aliphatic heterocycles. The summed E-state index contributed by atoms with van der Waals surface area (Å²) in [6.07, 6.45) is -3.29. The molecule has 1 aromatic heterocycles. The number of hydrogen-bond donors (Lipinski definition) is 3. The average Bonchev–Trinajstić information content (AvgIpc) is 2.79. The maximum Gasteiger partial charge on any atom is 0.417 e. The minimum atomic E-state index is -4.68. The number of carbonyl (C=O) groups excluding carboxylic acids is 2. The molecule has 0 saturated carbocycles. The van der Waals surface area contributed by atoms with E-state index in [0.717, 1.165) is 12.1 Å². The van der Waals surface area contributed by atoms with E-state index >= 15 is 0 Å². The molecule has 3 N–H and O–H groups in total. The maximum absolute atomic E-state index is 12.9. The lowest BCUT2D eigenvalue weighted by Crippen LogP contribution is -2.31. The van der Waals surface area contributed by atoms with Gasteiger partial charge in [0.05, 0.1) is 15.6 Å². The Labute approximate surface area is 200 Å². The van der Waals surface area contributed by atoms with E-state index in [9.17, 15) is 22.8 Å². The predicted molar refractivity (Wildman–Crippen MR) is 118 cm³/mol. The molecule has 8 nitrogen and oxygen atoms in total. The number of carbonyl (C=O) groups is 2. The third-order valence-electron chi connectivity index (χ3n) is 4.11. The molecule has 0 saturated heterocycles. The molecule has 0 bridgehead atoms. The summed E-state index contributed by atoms with van der Waals surface area (Å²) in [6, 6.07) is 9.19. The van der Waals surface area contributed by atoms with E-state index in [4.69, 9.17) is 32.8 Å². The molecule has 0 aliphatic carbocycles. The van der Waals surface area contributed by atoms with Crippen LogP contribution in [0.1, 0.15) is 16.1 Å². The summed E-state index contributed by atoms with van der Waals surface area (Å²) in [5.41, 5.74) is 1.25. The van der Waals surface area contributed by atoms with E-state index < -0.39 is 28.7 Å². The molecular weight excluding hydrogens is 500 g/mol. The van der Waals surface area contributed by atoms with Gasteiger partial charge in [0.25, 0.3) is 5.91 Å². The monoisotopic (exact) mass is 514 g/mol. The van der Waals surface area contributed by atoms with Crippen LogP contribution in [0.2, 0.25) is 10.0 Å². The van der Waals surface area contributed by atoms with Crippen molar-refractivity contribution in [2.45, 2.75) is 6.18 Å². The molecule has 3 aromatic rings. The second kappa shape index (κ2) is 10.5. The fourth-order valence-corrected chi connectivity index (χ4v) is 3.01. The van der Waals surface area contributed by atoms with Gasteiger partial charge in [0.2, 0.25) is 0 Å². The van der Waals surface area contributed by atoms with Gasteiger partial charge >= 0.3 is 12.2 Å². The number of rotatable bonds is 6. The predicted octanol–water partition coefficient (Wildman–Crippen LogP) is 5.67. The van der Waals surface area contributed by atoms with Gasteiger partial charge in [-0.25, -0.2) is 4.79 Å². The first-order chi connectivity index (χ1) is 16.1. The molecule has 3 amide bonds. The Kier molecular flexibility index (Phi) is 7.69. The maximum atomic E-state index is 12.9. The lowest BCUT2D eigenvalue weighted by molar-refractivity contribution is -0.137. The third-order valence-corrected chi connectivity index (χ3v) is 4.74. The zero-order valence-electron chi connectivity index (χ0n) is 17.2. The summed E-state index contributed by atoms with van der Waals surface area (Å²) in [5, 5.41) is 4.48. The average molecular weight is 515 g/mol. The Balaban J connectivity index is 1.61. The summed E-state index contributed by atoms with van der Waals surface area (Å²) in [4.78, 5) is 32.5. The van der Waals surface area contributed by atoms with Crippen molar-refractivity contribution >= 4 is 40.8 Å². The summed E-state index contributed by atoms with van der Waals surface area (Å²) in [5.74, 6) is -0.123. The van der Waals surface area contributed by atoms with E-state index in [1.807, 2.05) is 5.48 Å². The van der Waals surface area contributed by atoms with Gasteiger partial charge in [-0.1, -0.05) is 23.2 Å². The third kappa shape index (κ3) is 6.42. The lowest BCUT2D eigenvalue weighted by Gasteiger charge is -2.13. The van der Waals surface area contributed by atoms with Crippen LogP contribution in [0.5, 0.6) is 17.2 Å². The number of pyridine rings is 1. The Morgan fingerprint density at radius 3 is 2.41 bits per heavy atom. The highest BCUT2D eigenvalue weighted by Crippen LogP contribution is 2.36. The van der Waals surface area contributed by atoms with Crippen molar-refractivity contribution in [1.29, 1.82) is 0 Å². The van der Waals surface area contributed by atoms with Crippen LogP contribution < -0.4 is 25.7 Å². The number of amides is 3. The molecule has 0 atom stereocenters. The number of ether oxygens (including phenoxy) is 1. The van der Waals surface area contributed by atoms with Gasteiger partial charge in [-0.15, -0.1) is 0 Å². The van der Waals surface area contributed by atoms with Crippen LogP contribution in [-0.4, -0.2) is 24.0 Å². The van der Waals surface area contributed by atoms with Crippen LogP contribution in [-0.2, 0) is 6.18 Å². The number of alkyl halides is 3. The number of halogens is 5.